The molecule has 18 heavy (non-hydrogen) atoms. The van der Waals surface area contributed by atoms with E-state index in [9.17, 15) is 0 Å². The lowest BCUT2D eigenvalue weighted by Crippen LogP contribution is -2.02. The molecule has 0 bridgehead atoms. The van der Waals surface area contributed by atoms with Crippen molar-refractivity contribution in [1.82, 2.24) is 15.4 Å². The lowest BCUT2D eigenvalue weighted by Gasteiger charge is -2.16. The minimum Gasteiger partial charge on any atom is -0.496 e. The van der Waals surface area contributed by atoms with Crippen LogP contribution >= 0.6 is 11.6 Å². The van der Waals surface area contributed by atoms with Crippen molar-refractivity contribution in [3.63, 3.8) is 0 Å². The monoisotopic (exact) mass is 265 g/mol. The molecule has 2 rings (SSSR count). The number of aromatic nitrogens is 3. The standard InChI is InChI=1S/C13H16ClN3O/c1-8(4-10-7-15-17-16-10)11-6-12(14)9(2)5-13(11)18-3/h5-8H,4H2,1-3H3,(H,15,16,17). The zero-order valence-electron chi connectivity index (χ0n) is 10.7. The fourth-order valence-electron chi connectivity index (χ4n) is 1.98. The van der Waals surface area contributed by atoms with Gasteiger partial charge in [-0.3, -0.25) is 0 Å². The molecule has 0 saturated carbocycles. The zero-order valence-corrected chi connectivity index (χ0v) is 11.5. The second-order valence-corrected chi connectivity index (χ2v) is 4.82. The van der Waals surface area contributed by atoms with E-state index in [1.54, 1.807) is 13.3 Å². The van der Waals surface area contributed by atoms with Crippen LogP contribution in [0, 0.1) is 6.92 Å². The van der Waals surface area contributed by atoms with E-state index in [1.165, 1.54) is 0 Å². The molecular formula is C13H16ClN3O. The Morgan fingerprint density at radius 2 is 2.22 bits per heavy atom. The topological polar surface area (TPSA) is 50.8 Å². The van der Waals surface area contributed by atoms with E-state index in [-0.39, 0.29) is 5.92 Å². The van der Waals surface area contributed by atoms with Gasteiger partial charge in [-0.1, -0.05) is 18.5 Å². The summed E-state index contributed by atoms with van der Waals surface area (Å²) >= 11 is 6.18. The molecule has 0 aliphatic heterocycles. The highest BCUT2D eigenvalue weighted by Crippen LogP contribution is 2.33. The lowest BCUT2D eigenvalue weighted by atomic mass is 9.94. The molecule has 96 valence electrons. The maximum Gasteiger partial charge on any atom is 0.122 e. The van der Waals surface area contributed by atoms with Crippen LogP contribution < -0.4 is 4.74 Å². The highest BCUT2D eigenvalue weighted by molar-refractivity contribution is 6.31. The van der Waals surface area contributed by atoms with Gasteiger partial charge in [0.1, 0.15) is 5.75 Å². The fourth-order valence-corrected chi connectivity index (χ4v) is 2.15. The largest absolute Gasteiger partial charge is 0.496 e. The van der Waals surface area contributed by atoms with E-state index in [2.05, 4.69) is 22.3 Å². The number of nitrogens with one attached hydrogen (secondary N) is 1. The Labute approximate surface area is 111 Å². The van der Waals surface area contributed by atoms with Crippen molar-refractivity contribution in [2.75, 3.05) is 7.11 Å². The molecule has 0 saturated heterocycles. The van der Waals surface area contributed by atoms with Crippen LogP contribution in [0.3, 0.4) is 0 Å². The molecule has 1 aromatic carbocycles. The first-order valence-corrected chi connectivity index (χ1v) is 6.18. The van der Waals surface area contributed by atoms with E-state index >= 15 is 0 Å². The minimum atomic E-state index is 0.267. The average molecular weight is 266 g/mol. The highest BCUT2D eigenvalue weighted by Gasteiger charge is 2.15. The molecule has 1 aromatic heterocycles. The second kappa shape index (κ2) is 5.40. The molecule has 0 aliphatic rings. The van der Waals surface area contributed by atoms with Gasteiger partial charge >= 0.3 is 0 Å². The molecule has 4 nitrogen and oxygen atoms in total. The maximum atomic E-state index is 6.18. The summed E-state index contributed by atoms with van der Waals surface area (Å²) in [5.41, 5.74) is 3.04. The number of hydrogen-bond donors (Lipinski definition) is 1. The maximum absolute atomic E-state index is 6.18. The van der Waals surface area contributed by atoms with Gasteiger partial charge < -0.3 is 4.74 Å². The minimum absolute atomic E-state index is 0.267. The van der Waals surface area contributed by atoms with Crippen molar-refractivity contribution in [3.05, 3.63) is 40.2 Å². The summed E-state index contributed by atoms with van der Waals surface area (Å²) in [7, 11) is 1.68. The lowest BCUT2D eigenvalue weighted by molar-refractivity contribution is 0.406. The molecule has 0 aliphatic carbocycles. The Bertz CT molecular complexity index is 525. The summed E-state index contributed by atoms with van der Waals surface area (Å²) in [6.45, 7) is 4.09. The van der Waals surface area contributed by atoms with Gasteiger partial charge in [-0.25, -0.2) is 0 Å². The van der Waals surface area contributed by atoms with Crippen LogP contribution in [0.2, 0.25) is 5.02 Å². The van der Waals surface area contributed by atoms with Crippen molar-refractivity contribution < 1.29 is 4.74 Å². The fraction of sp³-hybridized carbons (Fsp3) is 0.385. The predicted octanol–water partition coefficient (Wildman–Crippen LogP) is 3.12. The number of benzene rings is 1. The molecule has 0 radical (unpaired) electrons. The molecule has 1 heterocycles. The first-order valence-electron chi connectivity index (χ1n) is 5.80. The summed E-state index contributed by atoms with van der Waals surface area (Å²) in [6.07, 6.45) is 2.53. The molecule has 0 spiro atoms. The number of aryl methyl sites for hydroxylation is 1. The number of nitrogens with zero attached hydrogens (tertiary/aromatic N) is 2. The predicted molar refractivity (Wildman–Crippen MR) is 71.2 cm³/mol. The van der Waals surface area contributed by atoms with Crippen LogP contribution in [0.5, 0.6) is 5.75 Å². The number of ether oxygens (including phenoxy) is 1. The highest BCUT2D eigenvalue weighted by atomic mass is 35.5. The van der Waals surface area contributed by atoms with Crippen molar-refractivity contribution in [1.29, 1.82) is 0 Å². The van der Waals surface area contributed by atoms with Gasteiger partial charge in [-0.05, 0) is 42.5 Å². The Morgan fingerprint density at radius 3 is 2.83 bits per heavy atom. The normalized spacial score (nSPS) is 12.4. The molecule has 1 unspecified atom stereocenters. The van der Waals surface area contributed by atoms with Crippen LogP contribution in [0.4, 0.5) is 0 Å². The number of halogens is 1. The van der Waals surface area contributed by atoms with Crippen molar-refractivity contribution in [2.45, 2.75) is 26.2 Å². The summed E-state index contributed by atoms with van der Waals surface area (Å²) in [6, 6.07) is 3.94. The van der Waals surface area contributed by atoms with Gasteiger partial charge in [0.05, 0.1) is 19.0 Å². The Morgan fingerprint density at radius 1 is 1.44 bits per heavy atom. The summed E-state index contributed by atoms with van der Waals surface area (Å²) < 4.78 is 5.42. The Kier molecular flexibility index (Phi) is 3.87. The van der Waals surface area contributed by atoms with Crippen LogP contribution in [0.1, 0.15) is 29.7 Å². The third-order valence-electron chi connectivity index (χ3n) is 3.02. The number of H-pyrrole nitrogens is 1. The van der Waals surface area contributed by atoms with Crippen LogP contribution in [0.15, 0.2) is 18.3 Å². The quantitative estimate of drug-likeness (QED) is 0.924. The van der Waals surface area contributed by atoms with Gasteiger partial charge in [-0.15, -0.1) is 0 Å². The smallest absolute Gasteiger partial charge is 0.122 e. The molecule has 1 N–H and O–H groups in total. The molecule has 0 amide bonds. The van der Waals surface area contributed by atoms with E-state index in [0.29, 0.717) is 0 Å². The number of aromatic amines is 1. The molecular weight excluding hydrogens is 250 g/mol. The van der Waals surface area contributed by atoms with Crippen molar-refractivity contribution in [2.24, 2.45) is 0 Å². The molecule has 5 heteroatoms. The zero-order chi connectivity index (χ0) is 13.1. The molecule has 2 aromatic rings. The summed E-state index contributed by atoms with van der Waals surface area (Å²) in [4.78, 5) is 0. The first kappa shape index (κ1) is 12.9. The van der Waals surface area contributed by atoms with E-state index in [1.807, 2.05) is 19.1 Å². The third kappa shape index (κ3) is 2.64. The van der Waals surface area contributed by atoms with Gasteiger partial charge in [-0.2, -0.15) is 15.4 Å². The van der Waals surface area contributed by atoms with Crippen molar-refractivity contribution in [3.8, 4) is 5.75 Å². The number of methoxy groups -OCH3 is 1. The van der Waals surface area contributed by atoms with Crippen LogP contribution in [0.25, 0.3) is 0 Å². The molecule has 0 fully saturated rings. The SMILES string of the molecule is COc1cc(C)c(Cl)cc1C(C)Cc1cn[nH]n1. The van der Waals surface area contributed by atoms with Crippen molar-refractivity contribution >= 4 is 11.6 Å². The Hall–Kier alpha value is -1.55. The van der Waals surface area contributed by atoms with E-state index < -0.39 is 0 Å². The Balaban J connectivity index is 2.28. The van der Waals surface area contributed by atoms with Gasteiger partial charge in [0.15, 0.2) is 0 Å². The summed E-state index contributed by atoms with van der Waals surface area (Å²) in [5.74, 6) is 1.14. The number of rotatable bonds is 4. The van der Waals surface area contributed by atoms with Gasteiger partial charge in [0.2, 0.25) is 0 Å². The second-order valence-electron chi connectivity index (χ2n) is 4.41. The molecule has 1 atom stereocenters. The first-order chi connectivity index (χ1) is 8.61. The van der Waals surface area contributed by atoms with E-state index in [0.717, 1.165) is 34.0 Å². The number of hydrogen-bond acceptors (Lipinski definition) is 3. The summed E-state index contributed by atoms with van der Waals surface area (Å²) in [5, 5.41) is 11.3. The van der Waals surface area contributed by atoms with Gasteiger partial charge in [0.25, 0.3) is 0 Å². The van der Waals surface area contributed by atoms with E-state index in [4.69, 9.17) is 16.3 Å². The third-order valence-corrected chi connectivity index (χ3v) is 3.43. The average Bonchev–Trinajstić information content (AvgIpc) is 2.84. The van der Waals surface area contributed by atoms with Crippen LogP contribution in [-0.2, 0) is 6.42 Å². The van der Waals surface area contributed by atoms with Crippen LogP contribution in [-0.4, -0.2) is 22.5 Å². The van der Waals surface area contributed by atoms with Gasteiger partial charge in [0, 0.05) is 5.02 Å².